The van der Waals surface area contributed by atoms with Crippen molar-refractivity contribution in [3.05, 3.63) is 29.6 Å². The Balaban J connectivity index is 2.06. The quantitative estimate of drug-likeness (QED) is 0.687. The first-order valence-corrected chi connectivity index (χ1v) is 5.26. The number of pyridine rings is 1. The van der Waals surface area contributed by atoms with Crippen molar-refractivity contribution >= 4 is 0 Å². The van der Waals surface area contributed by atoms with Gasteiger partial charge >= 0.3 is 0 Å². The summed E-state index contributed by atoms with van der Waals surface area (Å²) in [6, 6.07) is 4.44. The van der Waals surface area contributed by atoms with Crippen LogP contribution in [0.1, 0.15) is 43.9 Å². The van der Waals surface area contributed by atoms with Gasteiger partial charge in [-0.05, 0) is 36.3 Å². The van der Waals surface area contributed by atoms with E-state index in [1.807, 2.05) is 0 Å². The van der Waals surface area contributed by atoms with Crippen molar-refractivity contribution in [2.45, 2.75) is 39.0 Å². The molecule has 1 heteroatoms. The zero-order valence-corrected chi connectivity index (χ0v) is 8.46. The van der Waals surface area contributed by atoms with E-state index in [1.165, 1.54) is 24.1 Å². The minimum absolute atomic E-state index is 0.808. The number of aromatic nitrogens is 1. The molecule has 1 nitrogen and oxygen atoms in total. The minimum atomic E-state index is 0.808. The van der Waals surface area contributed by atoms with Gasteiger partial charge in [0.1, 0.15) is 0 Å². The van der Waals surface area contributed by atoms with Crippen molar-refractivity contribution < 1.29 is 0 Å². The van der Waals surface area contributed by atoms with E-state index < -0.39 is 0 Å². The molecule has 70 valence electrons. The summed E-state index contributed by atoms with van der Waals surface area (Å²) in [5.74, 6) is 1.70. The van der Waals surface area contributed by atoms with E-state index in [-0.39, 0.29) is 0 Å². The molecule has 0 amide bonds. The average Bonchev–Trinajstić information content (AvgIpc) is 2.85. The Morgan fingerprint density at radius 2 is 2.23 bits per heavy atom. The lowest BCUT2D eigenvalue weighted by atomic mass is 10.1. The van der Waals surface area contributed by atoms with E-state index in [2.05, 4.69) is 37.2 Å². The van der Waals surface area contributed by atoms with Crippen molar-refractivity contribution in [3.63, 3.8) is 0 Å². The third-order valence-corrected chi connectivity index (χ3v) is 2.89. The second-order valence-electron chi connectivity index (χ2n) is 4.15. The Kier molecular flexibility index (Phi) is 2.34. The number of aryl methyl sites for hydroxylation is 1. The highest BCUT2D eigenvalue weighted by atomic mass is 14.7. The molecule has 0 N–H and O–H groups in total. The van der Waals surface area contributed by atoms with Gasteiger partial charge in [0.2, 0.25) is 0 Å². The molecule has 1 aliphatic rings. The van der Waals surface area contributed by atoms with Crippen molar-refractivity contribution in [1.29, 1.82) is 0 Å². The van der Waals surface area contributed by atoms with E-state index in [0.29, 0.717) is 0 Å². The first-order chi connectivity index (χ1) is 6.31. The molecule has 13 heavy (non-hydrogen) atoms. The second kappa shape index (κ2) is 3.49. The summed E-state index contributed by atoms with van der Waals surface area (Å²) in [5, 5.41) is 0. The predicted molar refractivity (Wildman–Crippen MR) is 54.8 cm³/mol. The molecule has 1 aromatic rings. The molecule has 0 radical (unpaired) electrons. The van der Waals surface area contributed by atoms with Gasteiger partial charge in [-0.3, -0.25) is 4.98 Å². The largest absolute Gasteiger partial charge is 0.261 e. The zero-order chi connectivity index (χ0) is 9.26. The first-order valence-electron chi connectivity index (χ1n) is 5.26. The van der Waals surface area contributed by atoms with Crippen LogP contribution in [0.25, 0.3) is 0 Å². The molecule has 0 spiro atoms. The molecule has 2 unspecified atom stereocenters. The van der Waals surface area contributed by atoms with Crippen LogP contribution in [-0.2, 0) is 6.42 Å². The monoisotopic (exact) mass is 175 g/mol. The van der Waals surface area contributed by atoms with Crippen LogP contribution in [0.4, 0.5) is 0 Å². The normalized spacial score (nSPS) is 26.0. The molecule has 1 aliphatic carbocycles. The lowest BCUT2D eigenvalue weighted by molar-refractivity contribution is 0.866. The van der Waals surface area contributed by atoms with Crippen LogP contribution in [0.15, 0.2) is 18.3 Å². The summed E-state index contributed by atoms with van der Waals surface area (Å²) in [5.41, 5.74) is 2.67. The lowest BCUT2D eigenvalue weighted by Gasteiger charge is -2.00. The summed E-state index contributed by atoms with van der Waals surface area (Å²) >= 11 is 0. The highest BCUT2D eigenvalue weighted by Gasteiger charge is 2.33. The molecule has 1 aromatic heterocycles. The van der Waals surface area contributed by atoms with Crippen molar-refractivity contribution in [1.82, 2.24) is 4.98 Å². The van der Waals surface area contributed by atoms with Crippen molar-refractivity contribution in [2.24, 2.45) is 5.92 Å². The fraction of sp³-hybridized carbons (Fsp3) is 0.583. The molecule has 0 bridgehead atoms. The van der Waals surface area contributed by atoms with Crippen LogP contribution in [0.2, 0.25) is 0 Å². The Morgan fingerprint density at radius 1 is 1.46 bits per heavy atom. The van der Waals surface area contributed by atoms with E-state index in [0.717, 1.165) is 18.3 Å². The maximum Gasteiger partial charge on any atom is 0.0403 e. The molecule has 0 saturated heterocycles. The molecule has 0 aromatic carbocycles. The van der Waals surface area contributed by atoms with Gasteiger partial charge in [-0.15, -0.1) is 0 Å². The van der Waals surface area contributed by atoms with Crippen LogP contribution >= 0.6 is 0 Å². The third kappa shape index (κ3) is 1.90. The minimum Gasteiger partial charge on any atom is -0.261 e. The topological polar surface area (TPSA) is 12.9 Å². The number of rotatable bonds is 3. The smallest absolute Gasteiger partial charge is 0.0403 e. The van der Waals surface area contributed by atoms with Gasteiger partial charge in [0.05, 0.1) is 0 Å². The average molecular weight is 175 g/mol. The van der Waals surface area contributed by atoms with Crippen LogP contribution in [0.3, 0.4) is 0 Å². The summed E-state index contributed by atoms with van der Waals surface area (Å²) in [4.78, 5) is 4.46. The molecule has 1 saturated carbocycles. The highest BCUT2D eigenvalue weighted by Crippen LogP contribution is 2.46. The third-order valence-electron chi connectivity index (χ3n) is 2.89. The highest BCUT2D eigenvalue weighted by molar-refractivity contribution is 5.23. The summed E-state index contributed by atoms with van der Waals surface area (Å²) in [6.45, 7) is 4.50. The van der Waals surface area contributed by atoms with E-state index in [1.54, 1.807) is 0 Å². The lowest BCUT2D eigenvalue weighted by Crippen LogP contribution is -1.90. The predicted octanol–water partition coefficient (Wildman–Crippen LogP) is 3.16. The Morgan fingerprint density at radius 3 is 2.69 bits per heavy atom. The Labute approximate surface area is 80.2 Å². The molecule has 0 aliphatic heterocycles. The van der Waals surface area contributed by atoms with Gasteiger partial charge in [0.25, 0.3) is 0 Å². The number of hydrogen-bond donors (Lipinski definition) is 0. The molecule has 1 heterocycles. The summed E-state index contributed by atoms with van der Waals surface area (Å²) in [7, 11) is 0. The van der Waals surface area contributed by atoms with Crippen LogP contribution < -0.4 is 0 Å². The maximum absolute atomic E-state index is 4.46. The van der Waals surface area contributed by atoms with E-state index >= 15 is 0 Å². The Hall–Kier alpha value is -0.850. The van der Waals surface area contributed by atoms with Crippen LogP contribution in [0, 0.1) is 5.92 Å². The molecular weight excluding hydrogens is 158 g/mol. The van der Waals surface area contributed by atoms with Gasteiger partial charge in [-0.25, -0.2) is 0 Å². The number of nitrogens with zero attached hydrogens (tertiary/aromatic N) is 1. The van der Waals surface area contributed by atoms with E-state index in [9.17, 15) is 0 Å². The van der Waals surface area contributed by atoms with Crippen molar-refractivity contribution in [3.8, 4) is 0 Å². The molecule has 2 atom stereocenters. The summed E-state index contributed by atoms with van der Waals surface area (Å²) in [6.07, 6.45) is 5.72. The summed E-state index contributed by atoms with van der Waals surface area (Å²) < 4.78 is 0. The second-order valence-corrected chi connectivity index (χ2v) is 4.15. The van der Waals surface area contributed by atoms with Gasteiger partial charge in [0.15, 0.2) is 0 Å². The maximum atomic E-state index is 4.46. The zero-order valence-electron chi connectivity index (χ0n) is 8.46. The van der Waals surface area contributed by atoms with Gasteiger partial charge in [-0.2, -0.15) is 0 Å². The van der Waals surface area contributed by atoms with Gasteiger partial charge in [-0.1, -0.05) is 26.3 Å². The first kappa shape index (κ1) is 8.74. The molecular formula is C12H17N. The SMILES string of the molecule is CCCc1ccc(C2CC2C)cn1. The van der Waals surface area contributed by atoms with Gasteiger partial charge in [0, 0.05) is 11.9 Å². The number of hydrogen-bond acceptors (Lipinski definition) is 1. The fourth-order valence-corrected chi connectivity index (χ4v) is 1.85. The molecule has 2 rings (SSSR count). The van der Waals surface area contributed by atoms with Gasteiger partial charge < -0.3 is 0 Å². The van der Waals surface area contributed by atoms with Crippen LogP contribution in [0.5, 0.6) is 0 Å². The Bertz CT molecular complexity index is 276. The standard InChI is InChI=1S/C12H17N/c1-3-4-11-6-5-10(8-13-11)12-7-9(12)2/h5-6,8-9,12H,3-4,7H2,1-2H3. The molecule has 1 fully saturated rings. The van der Waals surface area contributed by atoms with Crippen LogP contribution in [-0.4, -0.2) is 4.98 Å². The van der Waals surface area contributed by atoms with E-state index in [4.69, 9.17) is 0 Å². The van der Waals surface area contributed by atoms with Crippen molar-refractivity contribution in [2.75, 3.05) is 0 Å². The fourth-order valence-electron chi connectivity index (χ4n) is 1.85.